The van der Waals surface area contributed by atoms with Crippen LogP contribution in [0.25, 0.3) is 0 Å². The number of methoxy groups -OCH3 is 1. The average molecular weight is 257 g/mol. The fraction of sp³-hybridized carbons (Fsp3) is 0.923. The van der Waals surface area contributed by atoms with E-state index in [1.807, 2.05) is 14.0 Å². The minimum Gasteiger partial charge on any atom is -0.468 e. The third kappa shape index (κ3) is 2.68. The Kier molecular flexibility index (Phi) is 4.25. The molecule has 1 unspecified atom stereocenters. The van der Waals surface area contributed by atoms with Gasteiger partial charge in [0.05, 0.1) is 20.3 Å². The smallest absolute Gasteiger partial charge is 0.322 e. The Bertz CT molecular complexity index is 291. The molecule has 0 aromatic rings. The van der Waals surface area contributed by atoms with E-state index in [1.165, 1.54) is 7.11 Å². The van der Waals surface area contributed by atoms with Crippen molar-refractivity contribution in [2.24, 2.45) is 0 Å². The van der Waals surface area contributed by atoms with Gasteiger partial charge in [0.25, 0.3) is 0 Å². The summed E-state index contributed by atoms with van der Waals surface area (Å²) in [5, 5.41) is 0. The summed E-state index contributed by atoms with van der Waals surface area (Å²) < 4.78 is 16.2. The molecule has 1 atom stereocenters. The number of carbonyl (C=O) groups is 1. The zero-order valence-corrected chi connectivity index (χ0v) is 11.5. The second-order valence-corrected chi connectivity index (χ2v) is 5.20. The van der Waals surface area contributed by atoms with Crippen LogP contribution in [-0.4, -0.2) is 56.1 Å². The molecule has 18 heavy (non-hydrogen) atoms. The highest BCUT2D eigenvalue weighted by Crippen LogP contribution is 2.37. The number of esters is 1. The monoisotopic (exact) mass is 257 g/mol. The van der Waals surface area contributed by atoms with Gasteiger partial charge in [0.15, 0.2) is 5.79 Å². The number of hydrogen-bond donors (Lipinski definition) is 0. The van der Waals surface area contributed by atoms with Crippen molar-refractivity contribution < 1.29 is 19.0 Å². The van der Waals surface area contributed by atoms with Gasteiger partial charge in [0, 0.05) is 18.9 Å². The van der Waals surface area contributed by atoms with Crippen LogP contribution in [0.1, 0.15) is 32.6 Å². The zero-order chi connectivity index (χ0) is 13.2. The van der Waals surface area contributed by atoms with E-state index in [0.29, 0.717) is 19.3 Å². The molecule has 1 aliphatic heterocycles. The molecule has 1 saturated heterocycles. The van der Waals surface area contributed by atoms with Crippen LogP contribution in [-0.2, 0) is 19.0 Å². The maximum atomic E-state index is 11.5. The molecular formula is C13H23NO4. The summed E-state index contributed by atoms with van der Waals surface area (Å²) in [6.45, 7) is 3.30. The summed E-state index contributed by atoms with van der Waals surface area (Å²) in [6, 6.07) is 0.206. The van der Waals surface area contributed by atoms with E-state index >= 15 is 0 Å². The molecule has 0 aromatic heterocycles. The van der Waals surface area contributed by atoms with Crippen molar-refractivity contribution in [2.75, 3.05) is 27.4 Å². The molecule has 0 radical (unpaired) electrons. The number of likely N-dealkylation sites (N-methyl/N-ethyl adjacent to an activating group) is 1. The van der Waals surface area contributed by atoms with Gasteiger partial charge in [0.1, 0.15) is 6.04 Å². The first-order valence-electron chi connectivity index (χ1n) is 6.66. The van der Waals surface area contributed by atoms with E-state index in [2.05, 4.69) is 4.90 Å². The molecule has 0 amide bonds. The van der Waals surface area contributed by atoms with Crippen molar-refractivity contribution in [3.05, 3.63) is 0 Å². The van der Waals surface area contributed by atoms with Gasteiger partial charge in [-0.15, -0.1) is 0 Å². The predicted molar refractivity (Wildman–Crippen MR) is 66.1 cm³/mol. The molecule has 2 rings (SSSR count). The van der Waals surface area contributed by atoms with Crippen LogP contribution >= 0.6 is 0 Å². The molecule has 1 heterocycles. The molecule has 5 nitrogen and oxygen atoms in total. The maximum absolute atomic E-state index is 11.5. The van der Waals surface area contributed by atoms with E-state index < -0.39 is 0 Å². The zero-order valence-electron chi connectivity index (χ0n) is 11.5. The van der Waals surface area contributed by atoms with Crippen molar-refractivity contribution in [3.8, 4) is 0 Å². The van der Waals surface area contributed by atoms with Crippen molar-refractivity contribution in [2.45, 2.75) is 50.5 Å². The Morgan fingerprint density at radius 3 is 2.39 bits per heavy atom. The van der Waals surface area contributed by atoms with E-state index in [0.717, 1.165) is 25.7 Å². The van der Waals surface area contributed by atoms with Gasteiger partial charge in [-0.25, -0.2) is 0 Å². The topological polar surface area (TPSA) is 48.0 Å². The molecular weight excluding hydrogens is 234 g/mol. The Morgan fingerprint density at radius 1 is 1.33 bits per heavy atom. The molecule has 2 fully saturated rings. The fourth-order valence-corrected chi connectivity index (χ4v) is 2.89. The van der Waals surface area contributed by atoms with Gasteiger partial charge < -0.3 is 14.2 Å². The molecule has 104 valence electrons. The van der Waals surface area contributed by atoms with Crippen LogP contribution in [0.3, 0.4) is 0 Å². The van der Waals surface area contributed by atoms with Crippen LogP contribution in [0.5, 0.6) is 0 Å². The molecule has 0 bridgehead atoms. The van der Waals surface area contributed by atoms with Gasteiger partial charge >= 0.3 is 5.97 Å². The highest BCUT2D eigenvalue weighted by atomic mass is 16.7. The lowest BCUT2D eigenvalue weighted by atomic mass is 9.88. The molecule has 1 aliphatic carbocycles. The standard InChI is InChI=1S/C13H23NO4/c1-10(12(15)16-3)14(2)11-4-6-13(7-5-11)17-8-9-18-13/h10-11H,4-9H2,1-3H3. The normalized spacial score (nSPS) is 25.6. The van der Waals surface area contributed by atoms with Crippen molar-refractivity contribution in [3.63, 3.8) is 0 Å². The summed E-state index contributed by atoms with van der Waals surface area (Å²) in [4.78, 5) is 13.6. The highest BCUT2D eigenvalue weighted by molar-refractivity contribution is 5.75. The number of hydrogen-bond acceptors (Lipinski definition) is 5. The first kappa shape index (κ1) is 13.8. The quantitative estimate of drug-likeness (QED) is 0.710. The lowest BCUT2D eigenvalue weighted by molar-refractivity contribution is -0.184. The molecule has 1 saturated carbocycles. The SMILES string of the molecule is COC(=O)C(C)N(C)C1CCC2(CC1)OCCO2. The second kappa shape index (κ2) is 5.55. The van der Waals surface area contributed by atoms with Crippen LogP contribution in [0.2, 0.25) is 0 Å². The van der Waals surface area contributed by atoms with E-state index in [1.54, 1.807) is 0 Å². The van der Waals surface area contributed by atoms with Gasteiger partial charge in [-0.2, -0.15) is 0 Å². The Morgan fingerprint density at radius 2 is 1.89 bits per heavy atom. The van der Waals surface area contributed by atoms with Crippen LogP contribution < -0.4 is 0 Å². The number of nitrogens with zero attached hydrogens (tertiary/aromatic N) is 1. The van der Waals surface area contributed by atoms with E-state index in [4.69, 9.17) is 14.2 Å². The fourth-order valence-electron chi connectivity index (χ4n) is 2.89. The Labute approximate surface area is 108 Å². The molecule has 1 spiro atoms. The van der Waals surface area contributed by atoms with Crippen LogP contribution in [0.4, 0.5) is 0 Å². The molecule has 5 heteroatoms. The lowest BCUT2D eigenvalue weighted by Gasteiger charge is -2.40. The van der Waals surface area contributed by atoms with Crippen molar-refractivity contribution >= 4 is 5.97 Å². The second-order valence-electron chi connectivity index (χ2n) is 5.20. The Hall–Kier alpha value is -0.650. The number of carbonyl (C=O) groups excluding carboxylic acids is 1. The number of rotatable bonds is 3. The first-order chi connectivity index (χ1) is 8.58. The maximum Gasteiger partial charge on any atom is 0.322 e. The van der Waals surface area contributed by atoms with E-state index in [9.17, 15) is 4.79 Å². The first-order valence-corrected chi connectivity index (χ1v) is 6.66. The summed E-state index contributed by atoms with van der Waals surface area (Å²) in [5.74, 6) is -0.502. The third-order valence-electron chi connectivity index (χ3n) is 4.26. The summed E-state index contributed by atoms with van der Waals surface area (Å²) in [5.41, 5.74) is 0. The van der Waals surface area contributed by atoms with E-state index in [-0.39, 0.29) is 17.8 Å². The van der Waals surface area contributed by atoms with Crippen LogP contribution in [0, 0.1) is 0 Å². The molecule has 2 aliphatic rings. The van der Waals surface area contributed by atoms with Crippen LogP contribution in [0.15, 0.2) is 0 Å². The largest absolute Gasteiger partial charge is 0.468 e. The average Bonchev–Trinajstić information content (AvgIpc) is 2.85. The minimum atomic E-state index is -0.328. The third-order valence-corrected chi connectivity index (χ3v) is 4.26. The summed E-state index contributed by atoms with van der Waals surface area (Å²) >= 11 is 0. The summed E-state index contributed by atoms with van der Waals surface area (Å²) in [6.07, 6.45) is 3.82. The minimum absolute atomic E-state index is 0.175. The van der Waals surface area contributed by atoms with Gasteiger partial charge in [-0.1, -0.05) is 0 Å². The lowest BCUT2D eigenvalue weighted by Crippen LogP contribution is -2.48. The van der Waals surface area contributed by atoms with Gasteiger partial charge in [-0.05, 0) is 26.8 Å². The van der Waals surface area contributed by atoms with Gasteiger partial charge in [0.2, 0.25) is 0 Å². The van der Waals surface area contributed by atoms with Crippen molar-refractivity contribution in [1.29, 1.82) is 0 Å². The van der Waals surface area contributed by atoms with Gasteiger partial charge in [-0.3, -0.25) is 9.69 Å². The summed E-state index contributed by atoms with van der Waals surface area (Å²) in [7, 11) is 3.42. The highest BCUT2D eigenvalue weighted by Gasteiger charge is 2.42. The predicted octanol–water partition coefficient (Wildman–Crippen LogP) is 1.17. The molecule has 0 N–H and O–H groups in total. The number of ether oxygens (including phenoxy) is 3. The molecule has 0 aromatic carbocycles. The van der Waals surface area contributed by atoms with Crippen molar-refractivity contribution in [1.82, 2.24) is 4.90 Å². The Balaban J connectivity index is 1.87.